The van der Waals surface area contributed by atoms with Gasteiger partial charge < -0.3 is 19.9 Å². The Balaban J connectivity index is 2.59. The lowest BCUT2D eigenvalue weighted by molar-refractivity contribution is -0.385. The molecule has 0 saturated carbocycles. The number of amides is 1. The van der Waals surface area contributed by atoms with Crippen molar-refractivity contribution in [2.45, 2.75) is 13.0 Å². The number of carbonyl (C=O) groups excluding carboxylic acids is 1. The Morgan fingerprint density at radius 3 is 2.68 bits per heavy atom. The van der Waals surface area contributed by atoms with Gasteiger partial charge in [0.15, 0.2) is 11.9 Å². The van der Waals surface area contributed by atoms with Gasteiger partial charge >= 0.3 is 11.7 Å². The summed E-state index contributed by atoms with van der Waals surface area (Å²) in [5.74, 6) is -1.58. The lowest BCUT2D eigenvalue weighted by atomic mass is 10.2. The number of carboxylic acid groups (broad SMARTS) is 1. The molecule has 0 aliphatic carbocycles. The number of benzene rings is 1. The van der Waals surface area contributed by atoms with Crippen LogP contribution in [0.25, 0.3) is 0 Å². The third-order valence-electron chi connectivity index (χ3n) is 2.74. The van der Waals surface area contributed by atoms with Crippen LogP contribution in [0.4, 0.5) is 5.69 Å². The van der Waals surface area contributed by atoms with Crippen molar-refractivity contribution in [2.75, 3.05) is 20.3 Å². The smallest absolute Gasteiger partial charge is 0.332 e. The van der Waals surface area contributed by atoms with Gasteiger partial charge in [-0.3, -0.25) is 14.9 Å². The Kier molecular flexibility index (Phi) is 6.26. The number of nitrogens with zero attached hydrogens (tertiary/aromatic N) is 1. The summed E-state index contributed by atoms with van der Waals surface area (Å²) in [6, 6.07) is 3.74. The molecule has 0 spiro atoms. The van der Waals surface area contributed by atoms with Crippen LogP contribution in [0.1, 0.15) is 17.3 Å². The van der Waals surface area contributed by atoms with Gasteiger partial charge in [-0.1, -0.05) is 0 Å². The predicted molar refractivity (Wildman–Crippen MR) is 75.0 cm³/mol. The maximum Gasteiger partial charge on any atom is 0.332 e. The molecule has 120 valence electrons. The third kappa shape index (κ3) is 4.70. The Hall–Kier alpha value is -2.68. The van der Waals surface area contributed by atoms with E-state index in [-0.39, 0.29) is 30.2 Å². The van der Waals surface area contributed by atoms with Gasteiger partial charge in [-0.25, -0.2) is 4.79 Å². The highest BCUT2D eigenvalue weighted by atomic mass is 16.6. The van der Waals surface area contributed by atoms with E-state index in [9.17, 15) is 19.7 Å². The summed E-state index contributed by atoms with van der Waals surface area (Å²) in [5, 5.41) is 21.9. The normalized spacial score (nSPS) is 11.5. The Morgan fingerprint density at radius 2 is 2.14 bits per heavy atom. The van der Waals surface area contributed by atoms with Gasteiger partial charge in [0.1, 0.15) is 0 Å². The molecule has 1 rings (SSSR count). The molecule has 1 aromatic rings. The number of carbonyl (C=O) groups is 2. The Bertz CT molecular complexity index is 574. The number of hydrogen-bond acceptors (Lipinski definition) is 6. The first-order chi connectivity index (χ1) is 10.4. The SMILES string of the molecule is COc1cc(C(=O)NCCOC(C)C(=O)O)ccc1[N+](=O)[O-]. The summed E-state index contributed by atoms with van der Waals surface area (Å²) in [5.41, 5.74) is -0.0496. The van der Waals surface area contributed by atoms with Crippen molar-refractivity contribution >= 4 is 17.6 Å². The molecule has 1 unspecified atom stereocenters. The number of nitrogens with one attached hydrogen (secondary N) is 1. The van der Waals surface area contributed by atoms with Crippen LogP contribution in [0, 0.1) is 10.1 Å². The van der Waals surface area contributed by atoms with Crippen LogP contribution in [0.2, 0.25) is 0 Å². The minimum absolute atomic E-state index is 0.0200. The van der Waals surface area contributed by atoms with Crippen LogP contribution in [-0.4, -0.2) is 48.3 Å². The van der Waals surface area contributed by atoms with E-state index in [0.29, 0.717) is 0 Å². The standard InChI is InChI=1S/C13H16N2O7/c1-8(13(17)18)22-6-5-14-12(16)9-3-4-10(15(19)20)11(7-9)21-2/h3-4,7-8H,5-6H2,1-2H3,(H,14,16)(H,17,18). The Labute approximate surface area is 126 Å². The zero-order valence-electron chi connectivity index (χ0n) is 12.1. The minimum atomic E-state index is -1.09. The lowest BCUT2D eigenvalue weighted by Gasteiger charge is -2.10. The maximum atomic E-state index is 11.9. The summed E-state index contributed by atoms with van der Waals surface area (Å²) < 4.78 is 9.83. The second kappa shape index (κ2) is 7.93. The van der Waals surface area contributed by atoms with Gasteiger partial charge in [-0.05, 0) is 13.0 Å². The molecule has 9 nitrogen and oxygen atoms in total. The molecule has 0 saturated heterocycles. The molecule has 0 heterocycles. The summed E-state index contributed by atoms with van der Waals surface area (Å²) in [4.78, 5) is 32.5. The van der Waals surface area contributed by atoms with Crippen LogP contribution in [0.5, 0.6) is 5.75 Å². The van der Waals surface area contributed by atoms with Crippen molar-refractivity contribution in [3.05, 3.63) is 33.9 Å². The van der Waals surface area contributed by atoms with Crippen molar-refractivity contribution < 1.29 is 29.1 Å². The molecule has 0 bridgehead atoms. The second-order valence-corrected chi connectivity index (χ2v) is 4.25. The lowest BCUT2D eigenvalue weighted by Crippen LogP contribution is -2.30. The van der Waals surface area contributed by atoms with E-state index in [4.69, 9.17) is 14.6 Å². The van der Waals surface area contributed by atoms with E-state index in [1.54, 1.807) is 0 Å². The van der Waals surface area contributed by atoms with E-state index in [1.165, 1.54) is 32.2 Å². The number of ether oxygens (including phenoxy) is 2. The van der Waals surface area contributed by atoms with Gasteiger partial charge in [0, 0.05) is 24.2 Å². The number of hydrogen-bond donors (Lipinski definition) is 2. The molecule has 2 N–H and O–H groups in total. The van der Waals surface area contributed by atoms with E-state index >= 15 is 0 Å². The molecule has 0 aliphatic heterocycles. The number of aliphatic carboxylic acids is 1. The monoisotopic (exact) mass is 312 g/mol. The third-order valence-corrected chi connectivity index (χ3v) is 2.74. The topological polar surface area (TPSA) is 128 Å². The van der Waals surface area contributed by atoms with Crippen molar-refractivity contribution in [3.8, 4) is 5.75 Å². The van der Waals surface area contributed by atoms with Crippen molar-refractivity contribution in [2.24, 2.45) is 0 Å². The van der Waals surface area contributed by atoms with Crippen molar-refractivity contribution in [3.63, 3.8) is 0 Å². The average molecular weight is 312 g/mol. The zero-order valence-corrected chi connectivity index (χ0v) is 12.1. The molecule has 0 radical (unpaired) electrons. The molecule has 1 atom stereocenters. The van der Waals surface area contributed by atoms with Crippen LogP contribution < -0.4 is 10.1 Å². The molecule has 0 aliphatic rings. The summed E-state index contributed by atoms with van der Waals surface area (Å²) in [6.45, 7) is 1.52. The van der Waals surface area contributed by atoms with Gasteiger partial charge in [0.25, 0.3) is 5.91 Å². The van der Waals surface area contributed by atoms with Crippen LogP contribution in [-0.2, 0) is 9.53 Å². The summed E-state index contributed by atoms with van der Waals surface area (Å²) in [6.07, 6.45) is -0.962. The highest BCUT2D eigenvalue weighted by Gasteiger charge is 2.17. The molecular weight excluding hydrogens is 296 g/mol. The van der Waals surface area contributed by atoms with Crippen LogP contribution in [0.15, 0.2) is 18.2 Å². The fraction of sp³-hybridized carbons (Fsp3) is 0.385. The first-order valence-corrected chi connectivity index (χ1v) is 6.31. The molecule has 0 aromatic heterocycles. The van der Waals surface area contributed by atoms with Gasteiger partial charge in [0.2, 0.25) is 0 Å². The molecule has 1 aromatic carbocycles. The molecule has 1 amide bonds. The number of rotatable bonds is 8. The Morgan fingerprint density at radius 1 is 1.45 bits per heavy atom. The predicted octanol–water partition coefficient (Wildman–Crippen LogP) is 0.823. The molecule has 22 heavy (non-hydrogen) atoms. The van der Waals surface area contributed by atoms with Gasteiger partial charge in [-0.15, -0.1) is 0 Å². The number of carboxylic acids is 1. The highest BCUT2D eigenvalue weighted by Crippen LogP contribution is 2.27. The molecule has 0 fully saturated rings. The van der Waals surface area contributed by atoms with E-state index in [1.807, 2.05) is 0 Å². The first-order valence-electron chi connectivity index (χ1n) is 6.31. The highest BCUT2D eigenvalue weighted by molar-refractivity contribution is 5.95. The summed E-state index contributed by atoms with van der Waals surface area (Å²) in [7, 11) is 1.27. The largest absolute Gasteiger partial charge is 0.490 e. The fourth-order valence-corrected chi connectivity index (χ4v) is 1.54. The fourth-order valence-electron chi connectivity index (χ4n) is 1.54. The summed E-state index contributed by atoms with van der Waals surface area (Å²) >= 11 is 0. The maximum absolute atomic E-state index is 11.9. The van der Waals surface area contributed by atoms with Crippen molar-refractivity contribution in [1.82, 2.24) is 5.32 Å². The van der Waals surface area contributed by atoms with Crippen LogP contribution in [0.3, 0.4) is 0 Å². The first kappa shape index (κ1) is 17.4. The minimum Gasteiger partial charge on any atom is -0.490 e. The quantitative estimate of drug-likeness (QED) is 0.413. The van der Waals surface area contributed by atoms with E-state index in [2.05, 4.69) is 5.32 Å². The van der Waals surface area contributed by atoms with E-state index in [0.717, 1.165) is 0 Å². The van der Waals surface area contributed by atoms with Gasteiger partial charge in [-0.2, -0.15) is 0 Å². The number of nitro benzene ring substituents is 1. The zero-order chi connectivity index (χ0) is 16.7. The molecular formula is C13H16N2O7. The van der Waals surface area contributed by atoms with Crippen molar-refractivity contribution in [1.29, 1.82) is 0 Å². The van der Waals surface area contributed by atoms with Crippen LogP contribution >= 0.6 is 0 Å². The van der Waals surface area contributed by atoms with Gasteiger partial charge in [0.05, 0.1) is 18.6 Å². The average Bonchev–Trinajstić information content (AvgIpc) is 2.49. The second-order valence-electron chi connectivity index (χ2n) is 4.25. The number of methoxy groups -OCH3 is 1. The van der Waals surface area contributed by atoms with E-state index < -0.39 is 22.9 Å². The molecule has 9 heteroatoms. The number of nitro groups is 1.